The normalized spacial score (nSPS) is 18.6. The van der Waals surface area contributed by atoms with Crippen LogP contribution in [0.2, 0.25) is 0 Å². The third-order valence-electron chi connectivity index (χ3n) is 2.99. The molecule has 5 nitrogen and oxygen atoms in total. The van der Waals surface area contributed by atoms with Crippen molar-refractivity contribution in [3.63, 3.8) is 0 Å². The molecule has 0 N–H and O–H groups in total. The van der Waals surface area contributed by atoms with Crippen molar-refractivity contribution in [2.24, 2.45) is 0 Å². The van der Waals surface area contributed by atoms with Gasteiger partial charge in [-0.25, -0.2) is 4.79 Å². The topological polar surface area (TPSA) is 49.9 Å². The third-order valence-corrected chi connectivity index (χ3v) is 2.99. The van der Waals surface area contributed by atoms with Crippen molar-refractivity contribution >= 4 is 12.0 Å². The van der Waals surface area contributed by atoms with Crippen molar-refractivity contribution in [1.82, 2.24) is 9.80 Å². The van der Waals surface area contributed by atoms with E-state index in [4.69, 9.17) is 4.74 Å². The van der Waals surface area contributed by atoms with E-state index in [-0.39, 0.29) is 12.5 Å². The fraction of sp³-hybridized carbons (Fsp3) is 0.286. The Hall–Kier alpha value is -2.30. The number of nitrogens with zero attached hydrogens (tertiary/aromatic N) is 2. The van der Waals surface area contributed by atoms with E-state index in [9.17, 15) is 9.59 Å². The zero-order valence-corrected chi connectivity index (χ0v) is 10.9. The van der Waals surface area contributed by atoms with Crippen molar-refractivity contribution < 1.29 is 14.3 Å². The smallest absolute Gasteiger partial charge is 0.414 e. The third kappa shape index (κ3) is 2.93. The van der Waals surface area contributed by atoms with Crippen LogP contribution in [0.5, 0.6) is 0 Å². The van der Waals surface area contributed by atoms with Crippen molar-refractivity contribution in [1.29, 1.82) is 0 Å². The number of likely N-dealkylation sites (N-methyl/N-ethyl adjacent to an activating group) is 1. The second-order valence-electron chi connectivity index (χ2n) is 4.37. The number of carbonyl (C=O) groups is 2. The number of amides is 2. The van der Waals surface area contributed by atoms with E-state index in [1.165, 1.54) is 9.80 Å². The summed E-state index contributed by atoms with van der Waals surface area (Å²) in [6.07, 6.45) is 2.58. The van der Waals surface area contributed by atoms with Gasteiger partial charge in [-0.15, -0.1) is 0 Å². The zero-order valence-electron chi connectivity index (χ0n) is 10.9. The largest absolute Gasteiger partial charge is 0.444 e. The summed E-state index contributed by atoms with van der Waals surface area (Å²) in [6.45, 7) is 1.87. The average Bonchev–Trinajstić information content (AvgIpc) is 2.43. The lowest BCUT2D eigenvalue weighted by Gasteiger charge is -2.31. The Morgan fingerprint density at radius 3 is 2.63 bits per heavy atom. The van der Waals surface area contributed by atoms with E-state index >= 15 is 0 Å². The van der Waals surface area contributed by atoms with Gasteiger partial charge in [0, 0.05) is 19.4 Å². The lowest BCUT2D eigenvalue weighted by Crippen LogP contribution is -2.48. The first kappa shape index (κ1) is 13.1. The number of carbonyl (C=O) groups excluding carboxylic acids is 2. The first-order valence-electron chi connectivity index (χ1n) is 6.03. The van der Waals surface area contributed by atoms with Crippen LogP contribution in [0.3, 0.4) is 0 Å². The molecule has 5 heteroatoms. The summed E-state index contributed by atoms with van der Waals surface area (Å²) in [7, 11) is 1.65. The van der Waals surface area contributed by atoms with E-state index in [1.807, 2.05) is 30.3 Å². The van der Waals surface area contributed by atoms with Gasteiger partial charge in [0.15, 0.2) is 0 Å². The maximum atomic E-state index is 11.9. The van der Waals surface area contributed by atoms with Gasteiger partial charge in [-0.2, -0.15) is 0 Å². The Morgan fingerprint density at radius 1 is 1.26 bits per heavy atom. The summed E-state index contributed by atoms with van der Waals surface area (Å²) in [4.78, 5) is 26.4. The van der Waals surface area contributed by atoms with Crippen LogP contribution in [0.25, 0.3) is 0 Å². The van der Waals surface area contributed by atoms with E-state index < -0.39 is 12.1 Å². The van der Waals surface area contributed by atoms with Gasteiger partial charge in [-0.3, -0.25) is 9.69 Å². The molecule has 1 aromatic carbocycles. The fourth-order valence-electron chi connectivity index (χ4n) is 1.80. The SMILES string of the molecule is C[C@H]1C(=O)N(C)C=CN1C(=O)OCc1ccccc1. The van der Waals surface area contributed by atoms with Crippen LogP contribution in [-0.2, 0) is 16.1 Å². The maximum absolute atomic E-state index is 11.9. The van der Waals surface area contributed by atoms with E-state index in [0.29, 0.717) is 0 Å². The molecule has 1 aliphatic rings. The molecule has 2 amide bonds. The summed E-state index contributed by atoms with van der Waals surface area (Å²) in [5, 5.41) is 0. The van der Waals surface area contributed by atoms with Crippen LogP contribution in [0, 0.1) is 0 Å². The van der Waals surface area contributed by atoms with E-state index in [2.05, 4.69) is 0 Å². The quantitative estimate of drug-likeness (QED) is 0.816. The highest BCUT2D eigenvalue weighted by molar-refractivity contribution is 5.87. The van der Waals surface area contributed by atoms with Crippen LogP contribution in [0.1, 0.15) is 12.5 Å². The van der Waals surface area contributed by atoms with Gasteiger partial charge in [-0.05, 0) is 12.5 Å². The van der Waals surface area contributed by atoms with E-state index in [0.717, 1.165) is 5.56 Å². The molecule has 1 aromatic rings. The Kier molecular flexibility index (Phi) is 3.85. The minimum atomic E-state index is -0.543. The molecule has 1 aliphatic heterocycles. The molecule has 1 atom stereocenters. The minimum Gasteiger partial charge on any atom is -0.444 e. The monoisotopic (exact) mass is 260 g/mol. The highest BCUT2D eigenvalue weighted by Gasteiger charge is 2.30. The molecule has 0 bridgehead atoms. The lowest BCUT2D eigenvalue weighted by atomic mass is 10.2. The molecule has 0 aromatic heterocycles. The first-order valence-corrected chi connectivity index (χ1v) is 6.03. The second kappa shape index (κ2) is 5.56. The number of hydrogen-bond donors (Lipinski definition) is 0. The minimum absolute atomic E-state index is 0.140. The lowest BCUT2D eigenvalue weighted by molar-refractivity contribution is -0.132. The Balaban J connectivity index is 1.97. The molecule has 0 aliphatic carbocycles. The predicted molar refractivity (Wildman–Crippen MR) is 69.8 cm³/mol. The predicted octanol–water partition coefficient (Wildman–Crippen LogP) is 1.96. The Morgan fingerprint density at radius 2 is 1.95 bits per heavy atom. The van der Waals surface area contributed by atoms with Crippen molar-refractivity contribution in [2.75, 3.05) is 7.05 Å². The maximum Gasteiger partial charge on any atom is 0.414 e. The summed E-state index contributed by atoms with van der Waals surface area (Å²) >= 11 is 0. The van der Waals surface area contributed by atoms with Crippen LogP contribution >= 0.6 is 0 Å². The molecule has 2 rings (SSSR count). The molecule has 0 fully saturated rings. The highest BCUT2D eigenvalue weighted by atomic mass is 16.6. The first-order chi connectivity index (χ1) is 9.09. The molecular weight excluding hydrogens is 244 g/mol. The van der Waals surface area contributed by atoms with Crippen LogP contribution < -0.4 is 0 Å². The van der Waals surface area contributed by atoms with Crippen LogP contribution in [-0.4, -0.2) is 34.9 Å². The van der Waals surface area contributed by atoms with Gasteiger partial charge in [0.2, 0.25) is 5.91 Å². The van der Waals surface area contributed by atoms with Gasteiger partial charge in [-0.1, -0.05) is 30.3 Å². The zero-order chi connectivity index (χ0) is 13.8. The van der Waals surface area contributed by atoms with Crippen LogP contribution in [0.4, 0.5) is 4.79 Å². The van der Waals surface area contributed by atoms with Crippen LogP contribution in [0.15, 0.2) is 42.7 Å². The summed E-state index contributed by atoms with van der Waals surface area (Å²) in [5.41, 5.74) is 0.910. The molecule has 19 heavy (non-hydrogen) atoms. The molecule has 100 valence electrons. The van der Waals surface area contributed by atoms with E-state index in [1.54, 1.807) is 26.4 Å². The molecule has 1 heterocycles. The van der Waals surface area contributed by atoms with Crippen molar-refractivity contribution in [2.45, 2.75) is 19.6 Å². The van der Waals surface area contributed by atoms with Gasteiger partial charge < -0.3 is 9.64 Å². The molecule has 0 saturated heterocycles. The van der Waals surface area contributed by atoms with Gasteiger partial charge >= 0.3 is 6.09 Å². The average molecular weight is 260 g/mol. The summed E-state index contributed by atoms with van der Waals surface area (Å²) < 4.78 is 5.19. The Labute approximate surface area is 112 Å². The second-order valence-corrected chi connectivity index (χ2v) is 4.37. The number of ether oxygens (including phenoxy) is 1. The molecule has 0 radical (unpaired) electrons. The van der Waals surface area contributed by atoms with Gasteiger partial charge in [0.1, 0.15) is 12.6 Å². The molecule has 0 unspecified atom stereocenters. The summed E-state index contributed by atoms with van der Waals surface area (Å²) in [6, 6.07) is 8.87. The van der Waals surface area contributed by atoms with Gasteiger partial charge in [0.05, 0.1) is 0 Å². The number of rotatable bonds is 2. The molecular formula is C14H16N2O3. The highest BCUT2D eigenvalue weighted by Crippen LogP contribution is 2.13. The number of hydrogen-bond acceptors (Lipinski definition) is 3. The summed E-state index contributed by atoms with van der Waals surface area (Å²) in [5.74, 6) is -0.140. The standard InChI is InChI=1S/C14H16N2O3/c1-11-13(17)15(2)8-9-16(11)14(18)19-10-12-6-4-3-5-7-12/h3-9,11H,10H2,1-2H3/t11-/m0/s1. The van der Waals surface area contributed by atoms with Crippen molar-refractivity contribution in [3.8, 4) is 0 Å². The van der Waals surface area contributed by atoms with Crippen molar-refractivity contribution in [3.05, 3.63) is 48.3 Å². The molecule has 0 spiro atoms. The Bertz CT molecular complexity index is 499. The van der Waals surface area contributed by atoms with Gasteiger partial charge in [0.25, 0.3) is 0 Å². The number of benzene rings is 1. The molecule has 0 saturated carbocycles. The fourth-order valence-corrected chi connectivity index (χ4v) is 1.80.